The van der Waals surface area contributed by atoms with E-state index in [1.165, 1.54) is 77.6 Å². The van der Waals surface area contributed by atoms with Crippen molar-refractivity contribution >= 4 is 11.9 Å². The number of esters is 2. The number of hydrogen-bond donors (Lipinski definition) is 1. The molecule has 0 saturated carbocycles. The molecule has 0 aliphatic rings. The van der Waals surface area contributed by atoms with Gasteiger partial charge < -0.3 is 14.6 Å². The average molecular weight is 415 g/mol. The van der Waals surface area contributed by atoms with Gasteiger partial charge in [-0.2, -0.15) is 0 Å². The molecule has 5 nitrogen and oxygen atoms in total. The second-order valence-electron chi connectivity index (χ2n) is 8.21. The van der Waals surface area contributed by atoms with Gasteiger partial charge in [0.2, 0.25) is 0 Å². The largest absolute Gasteiger partial charge is 0.461 e. The number of rotatable bonds is 20. The summed E-state index contributed by atoms with van der Waals surface area (Å²) in [6.45, 7) is 5.66. The van der Waals surface area contributed by atoms with Crippen LogP contribution < -0.4 is 0 Å². The van der Waals surface area contributed by atoms with Crippen LogP contribution >= 0.6 is 0 Å². The van der Waals surface area contributed by atoms with Crippen LogP contribution in [0.15, 0.2) is 0 Å². The van der Waals surface area contributed by atoms with Gasteiger partial charge in [0.25, 0.3) is 0 Å². The molecule has 0 bridgehead atoms. The van der Waals surface area contributed by atoms with Crippen LogP contribution in [0.1, 0.15) is 130 Å². The van der Waals surface area contributed by atoms with Crippen molar-refractivity contribution in [3.63, 3.8) is 0 Å². The highest BCUT2D eigenvalue weighted by molar-refractivity contribution is 5.81. The van der Waals surface area contributed by atoms with Gasteiger partial charge in [-0.25, -0.2) is 4.79 Å². The Bertz CT molecular complexity index is 410. The van der Waals surface area contributed by atoms with E-state index in [0.29, 0.717) is 6.42 Å². The SMILES string of the molecule is CCCCCCCCCCCCCCCCC(O)(OC(C)=O)C(=O)OCCCC. The Morgan fingerprint density at radius 1 is 0.690 bits per heavy atom. The Hall–Kier alpha value is -1.10. The minimum atomic E-state index is -2.14. The minimum Gasteiger partial charge on any atom is -0.461 e. The summed E-state index contributed by atoms with van der Waals surface area (Å²) in [7, 11) is 0. The van der Waals surface area contributed by atoms with Gasteiger partial charge in [0, 0.05) is 13.3 Å². The van der Waals surface area contributed by atoms with Gasteiger partial charge in [-0.1, -0.05) is 104 Å². The highest BCUT2D eigenvalue weighted by Gasteiger charge is 2.40. The van der Waals surface area contributed by atoms with Gasteiger partial charge in [0.15, 0.2) is 0 Å². The predicted octanol–water partition coefficient (Wildman–Crippen LogP) is 6.45. The molecule has 0 aliphatic heterocycles. The molecule has 0 aromatic heterocycles. The molecule has 172 valence electrons. The molecule has 0 aromatic carbocycles. The van der Waals surface area contributed by atoms with E-state index in [9.17, 15) is 14.7 Å². The Balaban J connectivity index is 3.77. The van der Waals surface area contributed by atoms with Crippen molar-refractivity contribution in [1.29, 1.82) is 0 Å². The molecule has 0 aliphatic carbocycles. The van der Waals surface area contributed by atoms with E-state index < -0.39 is 17.7 Å². The lowest BCUT2D eigenvalue weighted by atomic mass is 10.0. The molecule has 1 unspecified atom stereocenters. The number of carbonyl (C=O) groups excluding carboxylic acids is 2. The summed E-state index contributed by atoms with van der Waals surface area (Å²) in [4.78, 5) is 23.3. The number of hydrogen-bond acceptors (Lipinski definition) is 5. The van der Waals surface area contributed by atoms with E-state index in [4.69, 9.17) is 9.47 Å². The topological polar surface area (TPSA) is 72.8 Å². The standard InChI is InChI=1S/C24H46O5/c1-4-6-8-9-10-11-12-13-14-15-16-17-18-19-20-24(27,29-22(3)25)23(26)28-21-7-5-2/h27H,4-21H2,1-3H3. The van der Waals surface area contributed by atoms with Crippen molar-refractivity contribution in [3.8, 4) is 0 Å². The summed E-state index contributed by atoms with van der Waals surface area (Å²) in [5.74, 6) is -3.67. The van der Waals surface area contributed by atoms with Crippen LogP contribution in [0.4, 0.5) is 0 Å². The molecule has 1 N–H and O–H groups in total. The van der Waals surface area contributed by atoms with Crippen LogP contribution in [0, 0.1) is 0 Å². The van der Waals surface area contributed by atoms with Gasteiger partial charge in [-0.05, 0) is 12.8 Å². The van der Waals surface area contributed by atoms with Gasteiger partial charge in [0.1, 0.15) is 0 Å². The first-order valence-corrected chi connectivity index (χ1v) is 12.1. The third-order valence-corrected chi connectivity index (χ3v) is 5.23. The molecule has 0 radical (unpaired) electrons. The molecule has 1 atom stereocenters. The Morgan fingerprint density at radius 3 is 1.52 bits per heavy atom. The predicted molar refractivity (Wildman–Crippen MR) is 118 cm³/mol. The molecule has 0 amide bonds. The Labute approximate surface area is 178 Å². The zero-order valence-corrected chi connectivity index (χ0v) is 19.3. The van der Waals surface area contributed by atoms with E-state index >= 15 is 0 Å². The highest BCUT2D eigenvalue weighted by atomic mass is 16.7. The summed E-state index contributed by atoms with van der Waals surface area (Å²) < 4.78 is 9.94. The van der Waals surface area contributed by atoms with Gasteiger partial charge in [0.05, 0.1) is 6.61 Å². The van der Waals surface area contributed by atoms with Gasteiger partial charge in [-0.3, -0.25) is 4.79 Å². The van der Waals surface area contributed by atoms with Crippen molar-refractivity contribution in [2.45, 2.75) is 136 Å². The van der Waals surface area contributed by atoms with Crippen LogP contribution in [0.2, 0.25) is 0 Å². The summed E-state index contributed by atoms with van der Waals surface area (Å²) in [6, 6.07) is 0. The first kappa shape index (κ1) is 27.9. The van der Waals surface area contributed by atoms with Crippen LogP contribution in [-0.4, -0.2) is 29.4 Å². The highest BCUT2D eigenvalue weighted by Crippen LogP contribution is 2.21. The van der Waals surface area contributed by atoms with Crippen molar-refractivity contribution in [2.75, 3.05) is 6.61 Å². The van der Waals surface area contributed by atoms with Crippen LogP contribution in [0.25, 0.3) is 0 Å². The van der Waals surface area contributed by atoms with Gasteiger partial charge in [-0.15, -0.1) is 0 Å². The summed E-state index contributed by atoms with van der Waals surface area (Å²) >= 11 is 0. The minimum absolute atomic E-state index is 0.0928. The second-order valence-corrected chi connectivity index (χ2v) is 8.21. The van der Waals surface area contributed by atoms with Crippen molar-refractivity contribution in [1.82, 2.24) is 0 Å². The lowest BCUT2D eigenvalue weighted by Gasteiger charge is -2.25. The maximum absolute atomic E-state index is 12.1. The van der Waals surface area contributed by atoms with Crippen molar-refractivity contribution in [3.05, 3.63) is 0 Å². The Morgan fingerprint density at radius 2 is 1.10 bits per heavy atom. The fraction of sp³-hybridized carbons (Fsp3) is 0.917. The van der Waals surface area contributed by atoms with E-state index in [-0.39, 0.29) is 13.0 Å². The molecule has 0 rings (SSSR count). The monoisotopic (exact) mass is 414 g/mol. The summed E-state index contributed by atoms with van der Waals surface area (Å²) in [5, 5.41) is 10.4. The number of aliphatic hydroxyl groups is 1. The summed E-state index contributed by atoms with van der Waals surface area (Å²) in [6.07, 6.45) is 18.9. The normalized spacial score (nSPS) is 13.1. The first-order valence-electron chi connectivity index (χ1n) is 12.1. The third kappa shape index (κ3) is 16.4. The zero-order valence-electron chi connectivity index (χ0n) is 19.3. The van der Waals surface area contributed by atoms with E-state index in [2.05, 4.69) is 6.92 Å². The number of unbranched alkanes of at least 4 members (excludes halogenated alkanes) is 14. The van der Waals surface area contributed by atoms with Crippen LogP contribution in [0.3, 0.4) is 0 Å². The second kappa shape index (κ2) is 18.9. The fourth-order valence-electron chi connectivity index (χ4n) is 3.41. The quantitative estimate of drug-likeness (QED) is 0.141. The molecule has 29 heavy (non-hydrogen) atoms. The van der Waals surface area contributed by atoms with Crippen molar-refractivity contribution in [2.24, 2.45) is 0 Å². The molecule has 0 fully saturated rings. The molecule has 0 aromatic rings. The number of carbonyl (C=O) groups is 2. The van der Waals surface area contributed by atoms with E-state index in [0.717, 1.165) is 25.7 Å². The zero-order chi connectivity index (χ0) is 21.8. The molecular formula is C24H46O5. The summed E-state index contributed by atoms with van der Waals surface area (Å²) in [5.41, 5.74) is 0. The molecular weight excluding hydrogens is 368 g/mol. The number of ether oxygens (including phenoxy) is 2. The molecule has 0 saturated heterocycles. The Kier molecular flexibility index (Phi) is 18.2. The molecule has 0 heterocycles. The molecule has 0 spiro atoms. The van der Waals surface area contributed by atoms with E-state index in [1.54, 1.807) is 0 Å². The maximum Gasteiger partial charge on any atom is 0.379 e. The van der Waals surface area contributed by atoms with Crippen molar-refractivity contribution < 1.29 is 24.2 Å². The lowest BCUT2D eigenvalue weighted by molar-refractivity contribution is -0.228. The first-order chi connectivity index (χ1) is 14.0. The smallest absolute Gasteiger partial charge is 0.379 e. The lowest BCUT2D eigenvalue weighted by Crippen LogP contribution is -2.44. The van der Waals surface area contributed by atoms with Crippen LogP contribution in [0.5, 0.6) is 0 Å². The fourth-order valence-corrected chi connectivity index (χ4v) is 3.41. The maximum atomic E-state index is 12.1. The van der Waals surface area contributed by atoms with E-state index in [1.807, 2.05) is 6.92 Å². The van der Waals surface area contributed by atoms with Gasteiger partial charge >= 0.3 is 17.7 Å². The molecule has 5 heteroatoms. The van der Waals surface area contributed by atoms with Crippen LogP contribution in [-0.2, 0) is 19.1 Å². The average Bonchev–Trinajstić information content (AvgIpc) is 2.67. The third-order valence-electron chi connectivity index (χ3n) is 5.23.